The van der Waals surface area contributed by atoms with Crippen LogP contribution < -0.4 is 5.32 Å². The third-order valence-electron chi connectivity index (χ3n) is 4.77. The molecule has 0 atom stereocenters. The summed E-state index contributed by atoms with van der Waals surface area (Å²) in [6.45, 7) is 16.0. The highest BCUT2D eigenvalue weighted by Crippen LogP contribution is 2.31. The van der Waals surface area contributed by atoms with Crippen LogP contribution >= 0.6 is 0 Å². The maximum Gasteiger partial charge on any atom is 0.0472 e. The van der Waals surface area contributed by atoms with Crippen molar-refractivity contribution < 1.29 is 4.74 Å². The summed E-state index contributed by atoms with van der Waals surface area (Å²) in [4.78, 5) is 5.23. The van der Waals surface area contributed by atoms with Crippen LogP contribution in [0.4, 0.5) is 0 Å². The Morgan fingerprint density at radius 1 is 1.00 bits per heavy atom. The number of piperazine rings is 1. The van der Waals surface area contributed by atoms with E-state index >= 15 is 0 Å². The number of ether oxygens (including phenoxy) is 1. The molecule has 0 spiro atoms. The van der Waals surface area contributed by atoms with Crippen LogP contribution in [0.25, 0.3) is 0 Å². The molecule has 112 valence electrons. The molecule has 0 saturated carbocycles. The van der Waals surface area contributed by atoms with Gasteiger partial charge in [-0.2, -0.15) is 0 Å². The standard InChI is InChI=1S/C15H31N3O/c1-3-16-13-15(5-11-19-12-6-15)14-18-9-7-17(4-2)8-10-18/h16H,3-14H2,1-2H3. The molecule has 0 unspecified atom stereocenters. The number of hydrogen-bond donors (Lipinski definition) is 1. The fourth-order valence-electron chi connectivity index (χ4n) is 3.32. The minimum atomic E-state index is 0.447. The van der Waals surface area contributed by atoms with Gasteiger partial charge in [-0.25, -0.2) is 0 Å². The second-order valence-corrected chi connectivity index (χ2v) is 6.10. The maximum absolute atomic E-state index is 5.57. The van der Waals surface area contributed by atoms with Crippen molar-refractivity contribution in [2.45, 2.75) is 26.7 Å². The molecule has 4 nitrogen and oxygen atoms in total. The first-order valence-corrected chi connectivity index (χ1v) is 8.01. The van der Waals surface area contributed by atoms with E-state index in [4.69, 9.17) is 4.74 Å². The quantitative estimate of drug-likeness (QED) is 0.779. The van der Waals surface area contributed by atoms with Crippen LogP contribution in [0.5, 0.6) is 0 Å². The first-order chi connectivity index (χ1) is 9.28. The molecule has 0 aromatic heterocycles. The molecule has 19 heavy (non-hydrogen) atoms. The zero-order valence-electron chi connectivity index (χ0n) is 12.8. The summed E-state index contributed by atoms with van der Waals surface area (Å²) >= 11 is 0. The van der Waals surface area contributed by atoms with Crippen LogP contribution in [-0.2, 0) is 4.74 Å². The average molecular weight is 269 g/mol. The first-order valence-electron chi connectivity index (χ1n) is 8.01. The minimum Gasteiger partial charge on any atom is -0.381 e. The lowest BCUT2D eigenvalue weighted by Crippen LogP contribution is -2.53. The Bertz CT molecular complexity index is 246. The minimum absolute atomic E-state index is 0.447. The molecule has 0 aliphatic carbocycles. The Labute approximate surface area is 118 Å². The summed E-state index contributed by atoms with van der Waals surface area (Å²) < 4.78 is 5.57. The highest BCUT2D eigenvalue weighted by atomic mass is 16.5. The molecular weight excluding hydrogens is 238 g/mol. The Balaban J connectivity index is 1.85. The second kappa shape index (κ2) is 7.58. The number of nitrogens with zero attached hydrogens (tertiary/aromatic N) is 2. The normalized spacial score (nSPS) is 25.6. The van der Waals surface area contributed by atoms with Crippen LogP contribution in [0.15, 0.2) is 0 Å². The largest absolute Gasteiger partial charge is 0.381 e. The SMILES string of the molecule is CCNCC1(CN2CCN(CC)CC2)CCOCC1. The topological polar surface area (TPSA) is 27.7 Å². The summed E-state index contributed by atoms with van der Waals surface area (Å²) in [5.74, 6) is 0. The van der Waals surface area contributed by atoms with E-state index in [2.05, 4.69) is 29.0 Å². The predicted molar refractivity (Wildman–Crippen MR) is 79.6 cm³/mol. The molecule has 1 N–H and O–H groups in total. The number of nitrogens with one attached hydrogen (secondary N) is 1. The van der Waals surface area contributed by atoms with Crippen LogP contribution in [0.3, 0.4) is 0 Å². The van der Waals surface area contributed by atoms with E-state index in [1.165, 1.54) is 52.1 Å². The van der Waals surface area contributed by atoms with E-state index in [1.807, 2.05) is 0 Å². The van der Waals surface area contributed by atoms with Crippen LogP contribution in [-0.4, -0.2) is 75.4 Å². The van der Waals surface area contributed by atoms with Crippen molar-refractivity contribution in [2.24, 2.45) is 5.41 Å². The lowest BCUT2D eigenvalue weighted by molar-refractivity contribution is -0.0118. The Morgan fingerprint density at radius 2 is 1.63 bits per heavy atom. The summed E-state index contributed by atoms with van der Waals surface area (Å²) in [7, 11) is 0. The van der Waals surface area contributed by atoms with E-state index in [0.29, 0.717) is 5.41 Å². The Hall–Kier alpha value is -0.160. The number of hydrogen-bond acceptors (Lipinski definition) is 4. The van der Waals surface area contributed by atoms with Gasteiger partial charge in [0, 0.05) is 52.5 Å². The van der Waals surface area contributed by atoms with Crippen molar-refractivity contribution in [3.63, 3.8) is 0 Å². The summed E-state index contributed by atoms with van der Waals surface area (Å²) in [6.07, 6.45) is 2.43. The van der Waals surface area contributed by atoms with Crippen LogP contribution in [0, 0.1) is 5.41 Å². The third kappa shape index (κ3) is 4.42. The molecule has 2 aliphatic rings. The van der Waals surface area contributed by atoms with E-state index in [1.54, 1.807) is 0 Å². The van der Waals surface area contributed by atoms with Crippen LogP contribution in [0.2, 0.25) is 0 Å². The van der Waals surface area contributed by atoms with E-state index < -0.39 is 0 Å². The lowest BCUT2D eigenvalue weighted by atomic mass is 9.79. The lowest BCUT2D eigenvalue weighted by Gasteiger charge is -2.43. The van der Waals surface area contributed by atoms with Gasteiger partial charge in [-0.3, -0.25) is 0 Å². The highest BCUT2D eigenvalue weighted by Gasteiger charge is 2.34. The van der Waals surface area contributed by atoms with Crippen LogP contribution in [0.1, 0.15) is 26.7 Å². The number of rotatable bonds is 6. The van der Waals surface area contributed by atoms with Gasteiger partial charge >= 0.3 is 0 Å². The van der Waals surface area contributed by atoms with Crippen molar-refractivity contribution in [3.8, 4) is 0 Å². The Kier molecular flexibility index (Phi) is 6.07. The van der Waals surface area contributed by atoms with Gasteiger partial charge in [0.25, 0.3) is 0 Å². The third-order valence-corrected chi connectivity index (χ3v) is 4.77. The molecule has 0 radical (unpaired) electrons. The van der Waals surface area contributed by atoms with Crippen molar-refractivity contribution in [3.05, 3.63) is 0 Å². The summed E-state index contributed by atoms with van der Waals surface area (Å²) in [6, 6.07) is 0. The van der Waals surface area contributed by atoms with Gasteiger partial charge < -0.3 is 19.9 Å². The van der Waals surface area contributed by atoms with Crippen molar-refractivity contribution in [1.82, 2.24) is 15.1 Å². The fraction of sp³-hybridized carbons (Fsp3) is 1.00. The zero-order chi connectivity index (χ0) is 13.6. The summed E-state index contributed by atoms with van der Waals surface area (Å²) in [5, 5.41) is 3.58. The van der Waals surface area contributed by atoms with Gasteiger partial charge in [-0.05, 0) is 31.3 Å². The smallest absolute Gasteiger partial charge is 0.0472 e. The first kappa shape index (κ1) is 15.2. The van der Waals surface area contributed by atoms with Gasteiger partial charge in [0.2, 0.25) is 0 Å². The average Bonchev–Trinajstić information content (AvgIpc) is 2.47. The van der Waals surface area contributed by atoms with Crippen molar-refractivity contribution in [2.75, 3.05) is 65.6 Å². The van der Waals surface area contributed by atoms with Gasteiger partial charge in [-0.1, -0.05) is 13.8 Å². The molecule has 2 fully saturated rings. The molecule has 0 aromatic rings. The van der Waals surface area contributed by atoms with Gasteiger partial charge in [0.15, 0.2) is 0 Å². The van der Waals surface area contributed by atoms with Gasteiger partial charge in [0.05, 0.1) is 0 Å². The predicted octanol–water partition coefficient (Wildman–Crippen LogP) is 1.03. The molecular formula is C15H31N3O. The number of likely N-dealkylation sites (N-methyl/N-ethyl adjacent to an activating group) is 1. The maximum atomic E-state index is 5.57. The van der Waals surface area contributed by atoms with Gasteiger partial charge in [-0.15, -0.1) is 0 Å². The second-order valence-electron chi connectivity index (χ2n) is 6.10. The van der Waals surface area contributed by atoms with Gasteiger partial charge in [0.1, 0.15) is 0 Å². The van der Waals surface area contributed by atoms with E-state index in [0.717, 1.165) is 26.3 Å². The van der Waals surface area contributed by atoms with E-state index in [-0.39, 0.29) is 0 Å². The zero-order valence-corrected chi connectivity index (χ0v) is 12.8. The van der Waals surface area contributed by atoms with Crippen molar-refractivity contribution >= 4 is 0 Å². The fourth-order valence-corrected chi connectivity index (χ4v) is 3.32. The molecule has 2 saturated heterocycles. The molecule has 4 heteroatoms. The molecule has 2 rings (SSSR count). The molecule has 0 bridgehead atoms. The van der Waals surface area contributed by atoms with E-state index in [9.17, 15) is 0 Å². The monoisotopic (exact) mass is 269 g/mol. The summed E-state index contributed by atoms with van der Waals surface area (Å²) in [5.41, 5.74) is 0.447. The molecule has 0 aromatic carbocycles. The molecule has 0 amide bonds. The van der Waals surface area contributed by atoms with Crippen molar-refractivity contribution in [1.29, 1.82) is 0 Å². The Morgan fingerprint density at radius 3 is 2.21 bits per heavy atom. The molecule has 2 heterocycles. The highest BCUT2D eigenvalue weighted by molar-refractivity contribution is 4.88. The molecule has 2 aliphatic heterocycles.